The van der Waals surface area contributed by atoms with Crippen LogP contribution in [0.2, 0.25) is 0 Å². The van der Waals surface area contributed by atoms with Crippen molar-refractivity contribution in [2.24, 2.45) is 5.92 Å². The van der Waals surface area contributed by atoms with Crippen molar-refractivity contribution in [3.63, 3.8) is 0 Å². The van der Waals surface area contributed by atoms with E-state index in [9.17, 15) is 9.59 Å². The van der Waals surface area contributed by atoms with Gasteiger partial charge >= 0.3 is 5.97 Å². The van der Waals surface area contributed by atoms with E-state index in [-0.39, 0.29) is 23.5 Å². The van der Waals surface area contributed by atoms with E-state index in [1.807, 2.05) is 0 Å². The van der Waals surface area contributed by atoms with Gasteiger partial charge in [0.1, 0.15) is 0 Å². The van der Waals surface area contributed by atoms with E-state index in [4.69, 9.17) is 5.11 Å². The first kappa shape index (κ1) is 10.5. The molecule has 0 aromatic carbocycles. The Morgan fingerprint density at radius 1 is 1.44 bits per heavy atom. The molecule has 0 saturated heterocycles. The van der Waals surface area contributed by atoms with Gasteiger partial charge < -0.3 is 5.11 Å². The van der Waals surface area contributed by atoms with Crippen LogP contribution in [0.25, 0.3) is 0 Å². The minimum absolute atomic E-state index is 0.0251. The average molecular weight is 221 g/mol. The molecule has 1 saturated carbocycles. The fourth-order valence-electron chi connectivity index (χ4n) is 1.42. The van der Waals surface area contributed by atoms with Crippen molar-refractivity contribution in [3.8, 4) is 0 Å². The highest BCUT2D eigenvalue weighted by Gasteiger charge is 2.25. The molecule has 0 bridgehead atoms. The van der Waals surface area contributed by atoms with E-state index in [2.05, 4.69) is 15.3 Å². The van der Waals surface area contributed by atoms with Crippen molar-refractivity contribution in [1.82, 2.24) is 9.97 Å². The second-order valence-corrected chi connectivity index (χ2v) is 3.69. The molecule has 16 heavy (non-hydrogen) atoms. The lowest BCUT2D eigenvalue weighted by Gasteiger charge is -2.23. The van der Waals surface area contributed by atoms with E-state index < -0.39 is 5.97 Å². The standard InChI is InChI=1S/C10H11N3O3/c14-8(6-2-1-3-6)13-10-11-5-4-7(12-10)9(15)16/h4-6H,1-3H2,(H,15,16)(H,11,12,13,14). The minimum Gasteiger partial charge on any atom is -0.477 e. The summed E-state index contributed by atoms with van der Waals surface area (Å²) in [6.07, 6.45) is 4.13. The number of anilines is 1. The van der Waals surface area contributed by atoms with Crippen LogP contribution >= 0.6 is 0 Å². The normalized spacial score (nSPS) is 15.2. The van der Waals surface area contributed by atoms with Gasteiger partial charge in [0.25, 0.3) is 0 Å². The Kier molecular flexibility index (Phi) is 2.80. The maximum atomic E-state index is 11.5. The molecule has 2 rings (SSSR count). The number of carbonyl (C=O) groups excluding carboxylic acids is 1. The molecule has 1 fully saturated rings. The topological polar surface area (TPSA) is 92.2 Å². The van der Waals surface area contributed by atoms with Crippen molar-refractivity contribution in [1.29, 1.82) is 0 Å². The molecule has 0 spiro atoms. The summed E-state index contributed by atoms with van der Waals surface area (Å²) < 4.78 is 0. The average Bonchev–Trinajstić information content (AvgIpc) is 2.15. The first-order chi connectivity index (χ1) is 7.66. The second-order valence-electron chi connectivity index (χ2n) is 3.69. The number of aromatic nitrogens is 2. The number of rotatable bonds is 3. The number of nitrogens with zero attached hydrogens (tertiary/aromatic N) is 2. The van der Waals surface area contributed by atoms with E-state index in [0.717, 1.165) is 19.3 Å². The minimum atomic E-state index is -1.14. The smallest absolute Gasteiger partial charge is 0.354 e. The molecule has 1 aromatic rings. The van der Waals surface area contributed by atoms with E-state index >= 15 is 0 Å². The Balaban J connectivity index is 2.05. The van der Waals surface area contributed by atoms with Gasteiger partial charge in [-0.15, -0.1) is 0 Å². The van der Waals surface area contributed by atoms with Gasteiger partial charge in [0.05, 0.1) is 0 Å². The summed E-state index contributed by atoms with van der Waals surface area (Å²) in [6.45, 7) is 0. The Morgan fingerprint density at radius 2 is 2.19 bits per heavy atom. The van der Waals surface area contributed by atoms with Crippen LogP contribution in [0.5, 0.6) is 0 Å². The van der Waals surface area contributed by atoms with Crippen LogP contribution in [0.1, 0.15) is 29.8 Å². The van der Waals surface area contributed by atoms with E-state index in [1.54, 1.807) is 0 Å². The van der Waals surface area contributed by atoms with Gasteiger partial charge in [-0.25, -0.2) is 14.8 Å². The lowest BCUT2D eigenvalue weighted by atomic mass is 9.85. The van der Waals surface area contributed by atoms with Gasteiger partial charge in [0, 0.05) is 12.1 Å². The third-order valence-electron chi connectivity index (χ3n) is 2.59. The van der Waals surface area contributed by atoms with Crippen LogP contribution in [0.4, 0.5) is 5.95 Å². The summed E-state index contributed by atoms with van der Waals surface area (Å²) in [5.74, 6) is -1.19. The molecule has 1 amide bonds. The zero-order chi connectivity index (χ0) is 11.5. The molecule has 6 nitrogen and oxygen atoms in total. The largest absolute Gasteiger partial charge is 0.477 e. The maximum Gasteiger partial charge on any atom is 0.354 e. The van der Waals surface area contributed by atoms with Crippen LogP contribution in [0.3, 0.4) is 0 Å². The zero-order valence-electron chi connectivity index (χ0n) is 8.51. The molecule has 0 unspecified atom stereocenters. The molecule has 1 heterocycles. The molecule has 1 aromatic heterocycles. The first-order valence-corrected chi connectivity index (χ1v) is 5.04. The third-order valence-corrected chi connectivity index (χ3v) is 2.59. The molecule has 84 valence electrons. The summed E-state index contributed by atoms with van der Waals surface area (Å²) >= 11 is 0. The summed E-state index contributed by atoms with van der Waals surface area (Å²) in [7, 11) is 0. The second kappa shape index (κ2) is 4.26. The predicted molar refractivity (Wildman–Crippen MR) is 55.0 cm³/mol. The summed E-state index contributed by atoms with van der Waals surface area (Å²) in [5.41, 5.74) is -0.126. The van der Waals surface area contributed by atoms with Crippen molar-refractivity contribution >= 4 is 17.8 Å². The van der Waals surface area contributed by atoms with Gasteiger partial charge in [-0.3, -0.25) is 10.1 Å². The Labute approximate surface area is 91.7 Å². The van der Waals surface area contributed by atoms with Gasteiger partial charge in [-0.05, 0) is 18.9 Å². The Bertz CT molecular complexity index is 429. The summed E-state index contributed by atoms with van der Waals surface area (Å²) in [4.78, 5) is 29.7. The molecule has 0 atom stereocenters. The van der Waals surface area contributed by atoms with Crippen LogP contribution < -0.4 is 5.32 Å². The lowest BCUT2D eigenvalue weighted by Crippen LogP contribution is -2.29. The summed E-state index contributed by atoms with van der Waals surface area (Å²) in [5, 5.41) is 11.2. The van der Waals surface area contributed by atoms with Crippen molar-refractivity contribution in [2.45, 2.75) is 19.3 Å². The van der Waals surface area contributed by atoms with Gasteiger partial charge in [-0.1, -0.05) is 6.42 Å². The van der Waals surface area contributed by atoms with Crippen LogP contribution in [0, 0.1) is 5.92 Å². The Hall–Kier alpha value is -1.98. The quantitative estimate of drug-likeness (QED) is 0.791. The predicted octanol–water partition coefficient (Wildman–Crippen LogP) is 0.913. The fraction of sp³-hybridized carbons (Fsp3) is 0.400. The Morgan fingerprint density at radius 3 is 2.75 bits per heavy atom. The van der Waals surface area contributed by atoms with E-state index in [1.165, 1.54) is 12.3 Å². The van der Waals surface area contributed by atoms with Crippen molar-refractivity contribution in [2.75, 3.05) is 5.32 Å². The van der Waals surface area contributed by atoms with Crippen LogP contribution in [-0.2, 0) is 4.79 Å². The first-order valence-electron chi connectivity index (χ1n) is 5.04. The highest BCUT2D eigenvalue weighted by atomic mass is 16.4. The molecule has 1 aliphatic carbocycles. The fourth-order valence-corrected chi connectivity index (χ4v) is 1.42. The van der Waals surface area contributed by atoms with Gasteiger partial charge in [0.2, 0.25) is 11.9 Å². The van der Waals surface area contributed by atoms with E-state index in [0.29, 0.717) is 0 Å². The number of carbonyl (C=O) groups is 2. The molecule has 2 N–H and O–H groups in total. The maximum absolute atomic E-state index is 11.5. The molecule has 1 aliphatic rings. The van der Waals surface area contributed by atoms with Crippen LogP contribution in [0.15, 0.2) is 12.3 Å². The number of amides is 1. The number of nitrogens with one attached hydrogen (secondary N) is 1. The third kappa shape index (κ3) is 2.16. The van der Waals surface area contributed by atoms with Crippen molar-refractivity contribution in [3.05, 3.63) is 18.0 Å². The van der Waals surface area contributed by atoms with Crippen molar-refractivity contribution < 1.29 is 14.7 Å². The highest BCUT2D eigenvalue weighted by Crippen LogP contribution is 2.27. The molecular formula is C10H11N3O3. The SMILES string of the molecule is O=C(O)c1ccnc(NC(=O)C2CCC2)n1. The number of hydrogen-bond acceptors (Lipinski definition) is 4. The number of aromatic carboxylic acids is 1. The molecule has 0 aliphatic heterocycles. The molecule has 0 radical (unpaired) electrons. The molecule has 6 heteroatoms. The zero-order valence-corrected chi connectivity index (χ0v) is 8.51. The monoisotopic (exact) mass is 221 g/mol. The number of carboxylic acids is 1. The number of hydrogen-bond donors (Lipinski definition) is 2. The van der Waals surface area contributed by atoms with Gasteiger partial charge in [-0.2, -0.15) is 0 Å². The highest BCUT2D eigenvalue weighted by molar-refractivity contribution is 5.92. The lowest BCUT2D eigenvalue weighted by molar-refractivity contribution is -0.122. The van der Waals surface area contributed by atoms with Gasteiger partial charge in [0.15, 0.2) is 5.69 Å². The summed E-state index contributed by atoms with van der Waals surface area (Å²) in [6, 6.07) is 1.28. The molecular weight excluding hydrogens is 210 g/mol. The van der Waals surface area contributed by atoms with Crippen LogP contribution in [-0.4, -0.2) is 27.0 Å². The number of carboxylic acid groups (broad SMARTS) is 1.